The minimum atomic E-state index is 0.720. The molecule has 3 nitrogen and oxygen atoms in total. The van der Waals surface area contributed by atoms with Crippen LogP contribution >= 0.6 is 0 Å². The van der Waals surface area contributed by atoms with Crippen molar-refractivity contribution in [2.45, 2.75) is 6.92 Å². The standard InChI is InChI=1S/C13H18N2O/c1-10-9-14-13-8-11(4-5-12(10)13)16-7-6-15(2)3/h4-5,8-9,14H,6-7H2,1-3H3. The highest BCUT2D eigenvalue weighted by Crippen LogP contribution is 2.22. The molecule has 0 aliphatic carbocycles. The maximum Gasteiger partial charge on any atom is 0.121 e. The molecule has 0 saturated carbocycles. The van der Waals surface area contributed by atoms with Gasteiger partial charge in [-0.1, -0.05) is 0 Å². The zero-order valence-corrected chi connectivity index (χ0v) is 10.1. The number of H-pyrrole nitrogens is 1. The Morgan fingerprint density at radius 2 is 2.12 bits per heavy atom. The number of likely N-dealkylation sites (N-methyl/N-ethyl adjacent to an activating group) is 1. The van der Waals surface area contributed by atoms with Gasteiger partial charge in [0, 0.05) is 29.7 Å². The van der Waals surface area contributed by atoms with Gasteiger partial charge in [-0.15, -0.1) is 0 Å². The smallest absolute Gasteiger partial charge is 0.121 e. The lowest BCUT2D eigenvalue weighted by Crippen LogP contribution is -2.19. The van der Waals surface area contributed by atoms with Crippen LogP contribution in [0.4, 0.5) is 0 Å². The number of hydrogen-bond donors (Lipinski definition) is 1. The van der Waals surface area contributed by atoms with E-state index in [0.717, 1.165) is 24.4 Å². The summed E-state index contributed by atoms with van der Waals surface area (Å²) >= 11 is 0. The fourth-order valence-electron chi connectivity index (χ4n) is 1.69. The van der Waals surface area contributed by atoms with Gasteiger partial charge in [-0.25, -0.2) is 0 Å². The molecule has 3 heteroatoms. The third kappa shape index (κ3) is 2.36. The molecule has 0 saturated heterocycles. The molecule has 0 atom stereocenters. The number of aromatic amines is 1. The van der Waals surface area contributed by atoms with Crippen molar-refractivity contribution in [3.8, 4) is 5.75 Å². The lowest BCUT2D eigenvalue weighted by atomic mass is 10.2. The van der Waals surface area contributed by atoms with Crippen molar-refractivity contribution in [1.29, 1.82) is 0 Å². The Labute approximate surface area is 96.0 Å². The third-order valence-corrected chi connectivity index (χ3v) is 2.67. The molecule has 0 unspecified atom stereocenters. The molecule has 1 N–H and O–H groups in total. The Hall–Kier alpha value is -1.48. The average Bonchev–Trinajstić information content (AvgIpc) is 2.60. The normalized spacial score (nSPS) is 11.2. The van der Waals surface area contributed by atoms with Crippen LogP contribution in [-0.2, 0) is 0 Å². The topological polar surface area (TPSA) is 28.3 Å². The van der Waals surface area contributed by atoms with Crippen LogP contribution in [0, 0.1) is 6.92 Å². The van der Waals surface area contributed by atoms with Crippen molar-refractivity contribution in [3.05, 3.63) is 30.0 Å². The highest BCUT2D eigenvalue weighted by atomic mass is 16.5. The predicted molar refractivity (Wildman–Crippen MR) is 67.1 cm³/mol. The van der Waals surface area contributed by atoms with E-state index in [0.29, 0.717) is 0 Å². The van der Waals surface area contributed by atoms with Crippen LogP contribution in [0.15, 0.2) is 24.4 Å². The van der Waals surface area contributed by atoms with Crippen molar-refractivity contribution in [3.63, 3.8) is 0 Å². The lowest BCUT2D eigenvalue weighted by Gasteiger charge is -2.10. The zero-order valence-electron chi connectivity index (χ0n) is 10.1. The van der Waals surface area contributed by atoms with Gasteiger partial charge in [0.05, 0.1) is 0 Å². The number of aryl methyl sites for hydroxylation is 1. The molecule has 16 heavy (non-hydrogen) atoms. The fourth-order valence-corrected chi connectivity index (χ4v) is 1.69. The molecule has 0 radical (unpaired) electrons. The second-order valence-electron chi connectivity index (χ2n) is 4.33. The van der Waals surface area contributed by atoms with E-state index in [9.17, 15) is 0 Å². The minimum absolute atomic E-state index is 0.720. The molecular weight excluding hydrogens is 200 g/mol. The van der Waals surface area contributed by atoms with Crippen LogP contribution in [0.1, 0.15) is 5.56 Å². The van der Waals surface area contributed by atoms with E-state index in [2.05, 4.69) is 28.9 Å². The highest BCUT2D eigenvalue weighted by molar-refractivity contribution is 5.84. The molecule has 0 bridgehead atoms. The van der Waals surface area contributed by atoms with Crippen molar-refractivity contribution in [2.75, 3.05) is 27.2 Å². The number of nitrogens with zero attached hydrogens (tertiary/aromatic N) is 1. The molecule has 1 aromatic carbocycles. The lowest BCUT2D eigenvalue weighted by molar-refractivity contribution is 0.261. The average molecular weight is 218 g/mol. The Morgan fingerprint density at radius 1 is 1.31 bits per heavy atom. The van der Waals surface area contributed by atoms with Crippen LogP contribution in [-0.4, -0.2) is 37.1 Å². The maximum atomic E-state index is 5.67. The molecule has 0 amide bonds. The second-order valence-corrected chi connectivity index (χ2v) is 4.33. The highest BCUT2D eigenvalue weighted by Gasteiger charge is 2.01. The van der Waals surface area contributed by atoms with Gasteiger partial charge in [-0.05, 0) is 38.7 Å². The fraction of sp³-hybridized carbons (Fsp3) is 0.385. The Kier molecular flexibility index (Phi) is 3.15. The van der Waals surface area contributed by atoms with E-state index in [1.165, 1.54) is 10.9 Å². The summed E-state index contributed by atoms with van der Waals surface area (Å²) in [6.45, 7) is 3.76. The molecular formula is C13H18N2O. The van der Waals surface area contributed by atoms with Gasteiger partial charge in [-0.3, -0.25) is 0 Å². The summed E-state index contributed by atoms with van der Waals surface area (Å²) in [6.07, 6.45) is 2.02. The Morgan fingerprint density at radius 3 is 2.88 bits per heavy atom. The van der Waals surface area contributed by atoms with E-state index in [1.54, 1.807) is 0 Å². The summed E-state index contributed by atoms with van der Waals surface area (Å²) in [6, 6.07) is 6.18. The van der Waals surface area contributed by atoms with Crippen molar-refractivity contribution in [2.24, 2.45) is 0 Å². The van der Waals surface area contributed by atoms with Crippen molar-refractivity contribution < 1.29 is 4.74 Å². The predicted octanol–water partition coefficient (Wildman–Crippen LogP) is 2.42. The van der Waals surface area contributed by atoms with E-state index in [-0.39, 0.29) is 0 Å². The number of ether oxygens (including phenoxy) is 1. The summed E-state index contributed by atoms with van der Waals surface area (Å²) in [5.74, 6) is 0.927. The van der Waals surface area contributed by atoms with Crippen LogP contribution in [0.25, 0.3) is 10.9 Å². The molecule has 86 valence electrons. The quantitative estimate of drug-likeness (QED) is 0.853. The van der Waals surface area contributed by atoms with Gasteiger partial charge in [0.25, 0.3) is 0 Å². The second kappa shape index (κ2) is 4.58. The number of aromatic nitrogens is 1. The van der Waals surface area contributed by atoms with E-state index < -0.39 is 0 Å². The van der Waals surface area contributed by atoms with Crippen LogP contribution in [0.2, 0.25) is 0 Å². The summed E-state index contributed by atoms with van der Waals surface area (Å²) in [5.41, 5.74) is 2.41. The Balaban J connectivity index is 2.08. The molecule has 0 spiro atoms. The van der Waals surface area contributed by atoms with Crippen molar-refractivity contribution >= 4 is 10.9 Å². The molecule has 2 rings (SSSR count). The van der Waals surface area contributed by atoms with E-state index >= 15 is 0 Å². The minimum Gasteiger partial charge on any atom is -0.492 e. The van der Waals surface area contributed by atoms with E-state index in [4.69, 9.17) is 4.74 Å². The number of hydrogen-bond acceptors (Lipinski definition) is 2. The largest absolute Gasteiger partial charge is 0.492 e. The first-order chi connectivity index (χ1) is 7.66. The number of fused-ring (bicyclic) bond motifs is 1. The summed E-state index contributed by atoms with van der Waals surface area (Å²) in [7, 11) is 4.09. The van der Waals surface area contributed by atoms with Crippen molar-refractivity contribution in [1.82, 2.24) is 9.88 Å². The number of benzene rings is 1. The molecule has 0 fully saturated rings. The SMILES string of the molecule is Cc1c[nH]c2cc(OCCN(C)C)ccc12. The first-order valence-electron chi connectivity index (χ1n) is 5.52. The van der Waals surface area contributed by atoms with Gasteiger partial charge in [0.15, 0.2) is 0 Å². The van der Waals surface area contributed by atoms with Crippen LogP contribution in [0.5, 0.6) is 5.75 Å². The first kappa shape index (κ1) is 11.0. The monoisotopic (exact) mass is 218 g/mol. The zero-order chi connectivity index (χ0) is 11.5. The summed E-state index contributed by atoms with van der Waals surface area (Å²) < 4.78 is 5.67. The molecule has 1 heterocycles. The van der Waals surface area contributed by atoms with Crippen LogP contribution < -0.4 is 4.74 Å². The third-order valence-electron chi connectivity index (χ3n) is 2.67. The van der Waals surface area contributed by atoms with Crippen LogP contribution in [0.3, 0.4) is 0 Å². The maximum absolute atomic E-state index is 5.67. The number of rotatable bonds is 4. The number of nitrogens with one attached hydrogen (secondary N) is 1. The van der Waals surface area contributed by atoms with Gasteiger partial charge in [0.2, 0.25) is 0 Å². The van der Waals surface area contributed by atoms with Gasteiger partial charge < -0.3 is 14.6 Å². The van der Waals surface area contributed by atoms with Gasteiger partial charge in [0.1, 0.15) is 12.4 Å². The molecule has 2 aromatic rings. The molecule has 0 aliphatic rings. The summed E-state index contributed by atoms with van der Waals surface area (Å²) in [5, 5.41) is 1.26. The molecule has 0 aliphatic heterocycles. The Bertz CT molecular complexity index is 474. The van der Waals surface area contributed by atoms with E-state index in [1.807, 2.05) is 26.4 Å². The van der Waals surface area contributed by atoms with Gasteiger partial charge in [-0.2, -0.15) is 0 Å². The summed E-state index contributed by atoms with van der Waals surface area (Å²) in [4.78, 5) is 5.35. The van der Waals surface area contributed by atoms with Gasteiger partial charge >= 0.3 is 0 Å². The molecule has 1 aromatic heterocycles. The first-order valence-corrected chi connectivity index (χ1v) is 5.52.